The van der Waals surface area contributed by atoms with Gasteiger partial charge in [0.05, 0.1) is 0 Å². The second-order valence-corrected chi connectivity index (χ2v) is 5.01. The van der Waals surface area contributed by atoms with Gasteiger partial charge in [0.2, 0.25) is 0 Å². The summed E-state index contributed by atoms with van der Waals surface area (Å²) in [6.07, 6.45) is 1.96. The van der Waals surface area contributed by atoms with Crippen molar-refractivity contribution in [3.63, 3.8) is 0 Å². The summed E-state index contributed by atoms with van der Waals surface area (Å²) < 4.78 is 12.9. The topological polar surface area (TPSA) is 27.8 Å². The van der Waals surface area contributed by atoms with Crippen LogP contribution in [-0.4, -0.2) is 4.98 Å². The molecule has 2 nitrogen and oxygen atoms in total. The molecule has 0 saturated heterocycles. The minimum atomic E-state index is -0.196. The van der Waals surface area contributed by atoms with Crippen LogP contribution in [0, 0.1) is 5.82 Å². The quantitative estimate of drug-likeness (QED) is 0.730. The lowest BCUT2D eigenvalue weighted by Gasteiger charge is -2.14. The Hall–Kier alpha value is -2.13. The second-order valence-electron chi connectivity index (χ2n) is 5.01. The van der Waals surface area contributed by atoms with Crippen LogP contribution in [0.15, 0.2) is 54.7 Å². The Labute approximate surface area is 117 Å². The maximum absolute atomic E-state index is 12.9. The van der Waals surface area contributed by atoms with Crippen LogP contribution in [0.25, 0.3) is 10.9 Å². The maximum Gasteiger partial charge on any atom is 0.123 e. The van der Waals surface area contributed by atoms with E-state index in [1.54, 1.807) is 0 Å². The molecule has 3 heteroatoms. The van der Waals surface area contributed by atoms with Gasteiger partial charge in [-0.3, -0.25) is 0 Å². The van der Waals surface area contributed by atoms with Gasteiger partial charge in [0.1, 0.15) is 5.82 Å². The summed E-state index contributed by atoms with van der Waals surface area (Å²) in [5, 5.41) is 4.72. The highest BCUT2D eigenvalue weighted by Crippen LogP contribution is 2.19. The first kappa shape index (κ1) is 12.9. The summed E-state index contributed by atoms with van der Waals surface area (Å²) in [7, 11) is 0. The van der Waals surface area contributed by atoms with Crippen molar-refractivity contribution in [2.24, 2.45) is 0 Å². The van der Waals surface area contributed by atoms with Crippen LogP contribution in [0.2, 0.25) is 0 Å². The summed E-state index contributed by atoms with van der Waals surface area (Å²) in [6, 6.07) is 15.2. The highest BCUT2D eigenvalue weighted by Gasteiger charge is 2.07. The molecule has 0 aliphatic rings. The van der Waals surface area contributed by atoms with Crippen molar-refractivity contribution in [2.45, 2.75) is 19.5 Å². The minimum absolute atomic E-state index is 0.185. The molecular formula is C17H17FN2. The van der Waals surface area contributed by atoms with Gasteiger partial charge < -0.3 is 10.3 Å². The number of H-pyrrole nitrogens is 1. The van der Waals surface area contributed by atoms with E-state index in [4.69, 9.17) is 0 Å². The van der Waals surface area contributed by atoms with Crippen LogP contribution in [0.5, 0.6) is 0 Å². The van der Waals surface area contributed by atoms with Crippen molar-refractivity contribution in [3.05, 3.63) is 71.7 Å². The molecule has 0 bridgehead atoms. The normalized spacial score (nSPS) is 12.7. The van der Waals surface area contributed by atoms with Crippen LogP contribution >= 0.6 is 0 Å². The first-order chi connectivity index (χ1) is 9.74. The maximum atomic E-state index is 12.9. The van der Waals surface area contributed by atoms with Crippen LogP contribution in [0.4, 0.5) is 4.39 Å². The largest absolute Gasteiger partial charge is 0.361 e. The number of benzene rings is 2. The molecule has 0 saturated carbocycles. The first-order valence-electron chi connectivity index (χ1n) is 6.78. The summed E-state index contributed by atoms with van der Waals surface area (Å²) in [5.74, 6) is -0.196. The van der Waals surface area contributed by atoms with Gasteiger partial charge in [0.25, 0.3) is 0 Å². The third-order valence-corrected chi connectivity index (χ3v) is 3.65. The molecule has 0 aliphatic heterocycles. The molecule has 3 rings (SSSR count). The van der Waals surface area contributed by atoms with Crippen molar-refractivity contribution in [1.82, 2.24) is 10.3 Å². The zero-order chi connectivity index (χ0) is 13.9. The molecule has 0 spiro atoms. The van der Waals surface area contributed by atoms with Crippen LogP contribution in [0.3, 0.4) is 0 Å². The predicted molar refractivity (Wildman–Crippen MR) is 80.0 cm³/mol. The Morgan fingerprint density at radius 2 is 1.90 bits per heavy atom. The average molecular weight is 268 g/mol. The van der Waals surface area contributed by atoms with Gasteiger partial charge in [0, 0.05) is 29.7 Å². The molecule has 102 valence electrons. The van der Waals surface area contributed by atoms with E-state index in [-0.39, 0.29) is 11.9 Å². The van der Waals surface area contributed by atoms with Gasteiger partial charge in [-0.05, 0) is 42.3 Å². The number of halogens is 1. The second kappa shape index (κ2) is 5.47. The van der Waals surface area contributed by atoms with E-state index >= 15 is 0 Å². The molecule has 1 aromatic heterocycles. The van der Waals surface area contributed by atoms with Crippen LogP contribution in [-0.2, 0) is 6.54 Å². The Kier molecular flexibility index (Phi) is 3.52. The molecule has 1 atom stereocenters. The lowest BCUT2D eigenvalue weighted by Crippen LogP contribution is -2.18. The van der Waals surface area contributed by atoms with Crippen molar-refractivity contribution >= 4 is 10.9 Å². The van der Waals surface area contributed by atoms with Crippen molar-refractivity contribution in [3.8, 4) is 0 Å². The fourth-order valence-electron chi connectivity index (χ4n) is 2.44. The smallest absolute Gasteiger partial charge is 0.123 e. The van der Waals surface area contributed by atoms with E-state index in [1.165, 1.54) is 23.1 Å². The number of hydrogen-bond acceptors (Lipinski definition) is 1. The van der Waals surface area contributed by atoms with E-state index in [2.05, 4.69) is 41.5 Å². The summed E-state index contributed by atoms with van der Waals surface area (Å²) in [6.45, 7) is 2.87. The third-order valence-electron chi connectivity index (χ3n) is 3.65. The minimum Gasteiger partial charge on any atom is -0.361 e. The van der Waals surface area contributed by atoms with E-state index in [1.807, 2.05) is 18.3 Å². The molecule has 0 amide bonds. The van der Waals surface area contributed by atoms with Gasteiger partial charge >= 0.3 is 0 Å². The van der Waals surface area contributed by atoms with Gasteiger partial charge in [-0.1, -0.05) is 24.3 Å². The van der Waals surface area contributed by atoms with Crippen molar-refractivity contribution in [1.29, 1.82) is 0 Å². The van der Waals surface area contributed by atoms with Gasteiger partial charge in [0.15, 0.2) is 0 Å². The molecule has 0 fully saturated rings. The summed E-state index contributed by atoms with van der Waals surface area (Å²) >= 11 is 0. The van der Waals surface area contributed by atoms with Crippen molar-refractivity contribution in [2.75, 3.05) is 0 Å². The van der Waals surface area contributed by atoms with Crippen LogP contribution < -0.4 is 5.32 Å². The van der Waals surface area contributed by atoms with E-state index in [0.717, 1.165) is 17.6 Å². The SMILES string of the molecule is C[C@@H](NCc1cccc2[nH]ccc12)c1ccc(F)cc1. The number of nitrogens with one attached hydrogen (secondary N) is 2. The van der Waals surface area contributed by atoms with E-state index in [9.17, 15) is 4.39 Å². The molecule has 3 aromatic rings. The Balaban J connectivity index is 1.73. The standard InChI is InChI=1S/C17H17FN2/c1-12(13-5-7-15(18)8-6-13)20-11-14-3-2-4-17-16(14)9-10-19-17/h2-10,12,19-20H,11H2,1H3/t12-/m1/s1. The average Bonchev–Trinajstić information content (AvgIpc) is 2.94. The van der Waals surface area contributed by atoms with Gasteiger partial charge in [-0.15, -0.1) is 0 Å². The zero-order valence-electron chi connectivity index (χ0n) is 11.4. The van der Waals surface area contributed by atoms with E-state index < -0.39 is 0 Å². The molecule has 1 heterocycles. The monoisotopic (exact) mass is 268 g/mol. The van der Waals surface area contributed by atoms with Crippen LogP contribution in [0.1, 0.15) is 24.1 Å². The molecule has 2 aromatic carbocycles. The van der Waals surface area contributed by atoms with Gasteiger partial charge in [-0.25, -0.2) is 4.39 Å². The number of hydrogen-bond donors (Lipinski definition) is 2. The summed E-state index contributed by atoms with van der Waals surface area (Å²) in [4.78, 5) is 3.22. The lowest BCUT2D eigenvalue weighted by molar-refractivity contribution is 0.572. The lowest BCUT2D eigenvalue weighted by atomic mass is 10.1. The number of fused-ring (bicyclic) bond motifs is 1. The molecule has 0 radical (unpaired) electrons. The fourth-order valence-corrected chi connectivity index (χ4v) is 2.44. The third kappa shape index (κ3) is 2.58. The number of aromatic nitrogens is 1. The number of rotatable bonds is 4. The Bertz CT molecular complexity index is 700. The highest BCUT2D eigenvalue weighted by atomic mass is 19.1. The Morgan fingerprint density at radius 1 is 1.10 bits per heavy atom. The molecule has 0 aliphatic carbocycles. The number of aromatic amines is 1. The molecule has 2 N–H and O–H groups in total. The molecule has 20 heavy (non-hydrogen) atoms. The van der Waals surface area contributed by atoms with Gasteiger partial charge in [-0.2, -0.15) is 0 Å². The van der Waals surface area contributed by atoms with Crippen molar-refractivity contribution < 1.29 is 4.39 Å². The van der Waals surface area contributed by atoms with E-state index in [0.29, 0.717) is 0 Å². The zero-order valence-corrected chi connectivity index (χ0v) is 11.4. The fraction of sp³-hybridized carbons (Fsp3) is 0.176. The molecule has 0 unspecified atom stereocenters. The molecular weight excluding hydrogens is 251 g/mol. The summed E-state index contributed by atoms with van der Waals surface area (Å²) in [5.41, 5.74) is 3.50. The first-order valence-corrected chi connectivity index (χ1v) is 6.78. The Morgan fingerprint density at radius 3 is 2.70 bits per heavy atom. The highest BCUT2D eigenvalue weighted by molar-refractivity contribution is 5.82. The predicted octanol–water partition coefficient (Wildman–Crippen LogP) is 4.16.